The fraction of sp³-hybridized carbons (Fsp3) is 0.429. The topological polar surface area (TPSA) is 87.7 Å². The van der Waals surface area contributed by atoms with Crippen molar-refractivity contribution in [1.82, 2.24) is 5.32 Å². The van der Waals surface area contributed by atoms with Crippen molar-refractivity contribution in [1.29, 1.82) is 0 Å². The van der Waals surface area contributed by atoms with Crippen LogP contribution in [0, 0.1) is 6.92 Å². The molecule has 0 heterocycles. The lowest BCUT2D eigenvalue weighted by Gasteiger charge is -2.10. The minimum Gasteiger partial charge on any atom is -0.478 e. The Hall–Kier alpha value is -2.08. The van der Waals surface area contributed by atoms with Crippen LogP contribution in [0.2, 0.25) is 0 Å². The number of benzene rings is 1. The molecule has 0 saturated carbocycles. The van der Waals surface area contributed by atoms with E-state index in [1.807, 2.05) is 6.92 Å². The van der Waals surface area contributed by atoms with Crippen molar-refractivity contribution in [2.45, 2.75) is 20.3 Å². The van der Waals surface area contributed by atoms with Crippen LogP contribution in [0.25, 0.3) is 0 Å². The SMILES string of the molecule is CCOCCCNC(=O)Nc1ccc(C(=O)O)cc1C. The third-order valence-corrected chi connectivity index (χ3v) is 2.68. The second kappa shape index (κ2) is 8.16. The van der Waals surface area contributed by atoms with E-state index in [9.17, 15) is 9.59 Å². The fourth-order valence-electron chi connectivity index (χ4n) is 1.62. The predicted octanol–water partition coefficient (Wildman–Crippen LogP) is 2.24. The number of rotatable bonds is 7. The smallest absolute Gasteiger partial charge is 0.335 e. The summed E-state index contributed by atoms with van der Waals surface area (Å²) in [5.74, 6) is -0.986. The van der Waals surface area contributed by atoms with E-state index < -0.39 is 5.97 Å². The predicted molar refractivity (Wildman–Crippen MR) is 76.3 cm³/mol. The number of anilines is 1. The van der Waals surface area contributed by atoms with Crippen molar-refractivity contribution >= 4 is 17.7 Å². The first-order valence-corrected chi connectivity index (χ1v) is 6.51. The molecule has 20 heavy (non-hydrogen) atoms. The standard InChI is InChI=1S/C14H20N2O4/c1-3-20-8-4-7-15-14(19)16-12-6-5-11(13(17)18)9-10(12)2/h5-6,9H,3-4,7-8H2,1-2H3,(H,17,18)(H2,15,16,19). The normalized spacial score (nSPS) is 10.1. The Labute approximate surface area is 118 Å². The van der Waals surface area contributed by atoms with E-state index in [-0.39, 0.29) is 11.6 Å². The summed E-state index contributed by atoms with van der Waals surface area (Å²) in [6, 6.07) is 4.25. The number of carbonyl (C=O) groups excluding carboxylic acids is 1. The van der Waals surface area contributed by atoms with Gasteiger partial charge in [-0.2, -0.15) is 0 Å². The highest BCUT2D eigenvalue weighted by atomic mass is 16.5. The summed E-state index contributed by atoms with van der Waals surface area (Å²) in [5.41, 5.74) is 1.50. The van der Waals surface area contributed by atoms with Gasteiger partial charge in [-0.15, -0.1) is 0 Å². The number of hydrogen-bond acceptors (Lipinski definition) is 3. The number of aromatic carboxylic acids is 1. The van der Waals surface area contributed by atoms with Gasteiger partial charge in [0.1, 0.15) is 0 Å². The van der Waals surface area contributed by atoms with Crippen LogP contribution >= 0.6 is 0 Å². The summed E-state index contributed by atoms with van der Waals surface area (Å²) in [4.78, 5) is 22.4. The number of carbonyl (C=O) groups is 2. The number of urea groups is 1. The molecule has 0 saturated heterocycles. The molecule has 0 radical (unpaired) electrons. The molecule has 6 heteroatoms. The first-order valence-electron chi connectivity index (χ1n) is 6.51. The molecule has 1 rings (SSSR count). The number of aryl methyl sites for hydroxylation is 1. The summed E-state index contributed by atoms with van der Waals surface area (Å²) in [6.07, 6.45) is 0.748. The van der Waals surface area contributed by atoms with Crippen molar-refractivity contribution in [2.75, 3.05) is 25.1 Å². The van der Waals surface area contributed by atoms with Crippen LogP contribution in [0.5, 0.6) is 0 Å². The lowest BCUT2D eigenvalue weighted by atomic mass is 10.1. The van der Waals surface area contributed by atoms with Crippen molar-refractivity contribution in [3.05, 3.63) is 29.3 Å². The molecule has 0 unspecified atom stereocenters. The van der Waals surface area contributed by atoms with Gasteiger partial charge in [0, 0.05) is 25.4 Å². The Bertz CT molecular complexity index is 474. The van der Waals surface area contributed by atoms with Crippen LogP contribution < -0.4 is 10.6 Å². The van der Waals surface area contributed by atoms with Crippen LogP contribution in [-0.4, -0.2) is 36.9 Å². The number of carboxylic acids is 1. The summed E-state index contributed by atoms with van der Waals surface area (Å²) in [5, 5.41) is 14.2. The highest BCUT2D eigenvalue weighted by molar-refractivity contribution is 5.92. The molecule has 3 N–H and O–H groups in total. The van der Waals surface area contributed by atoms with Gasteiger partial charge in [-0.1, -0.05) is 0 Å². The Morgan fingerprint density at radius 2 is 2.10 bits per heavy atom. The van der Waals surface area contributed by atoms with E-state index in [0.29, 0.717) is 31.0 Å². The molecule has 0 fully saturated rings. The van der Waals surface area contributed by atoms with Gasteiger partial charge in [0.15, 0.2) is 0 Å². The molecule has 1 aromatic carbocycles. The lowest BCUT2D eigenvalue weighted by molar-refractivity contribution is 0.0697. The van der Waals surface area contributed by atoms with Crippen LogP contribution in [0.3, 0.4) is 0 Å². The summed E-state index contributed by atoms with van der Waals surface area (Å²) < 4.78 is 5.16. The van der Waals surface area contributed by atoms with Gasteiger partial charge in [-0.05, 0) is 44.0 Å². The monoisotopic (exact) mass is 280 g/mol. The second-order valence-electron chi connectivity index (χ2n) is 4.27. The van der Waals surface area contributed by atoms with Crippen molar-refractivity contribution in [3.63, 3.8) is 0 Å². The average molecular weight is 280 g/mol. The molecule has 6 nitrogen and oxygen atoms in total. The molecule has 0 aliphatic rings. The number of amides is 2. The van der Waals surface area contributed by atoms with E-state index >= 15 is 0 Å². The Morgan fingerprint density at radius 3 is 2.70 bits per heavy atom. The maximum absolute atomic E-state index is 11.6. The van der Waals surface area contributed by atoms with E-state index in [4.69, 9.17) is 9.84 Å². The average Bonchev–Trinajstić information content (AvgIpc) is 2.40. The van der Waals surface area contributed by atoms with Crippen LogP contribution in [-0.2, 0) is 4.74 Å². The number of carboxylic acid groups (broad SMARTS) is 1. The molecular weight excluding hydrogens is 260 g/mol. The number of nitrogens with one attached hydrogen (secondary N) is 2. The Kier molecular flexibility index (Phi) is 6.52. The maximum atomic E-state index is 11.6. The quantitative estimate of drug-likeness (QED) is 0.668. The highest BCUT2D eigenvalue weighted by Crippen LogP contribution is 2.16. The van der Waals surface area contributed by atoms with E-state index in [0.717, 1.165) is 6.42 Å². The summed E-state index contributed by atoms with van der Waals surface area (Å²) >= 11 is 0. The minimum absolute atomic E-state index is 0.199. The van der Waals surface area contributed by atoms with E-state index in [2.05, 4.69) is 10.6 Å². The third-order valence-electron chi connectivity index (χ3n) is 2.68. The molecule has 0 bridgehead atoms. The molecule has 0 aromatic heterocycles. The number of ether oxygens (including phenoxy) is 1. The fourth-order valence-corrected chi connectivity index (χ4v) is 1.62. The third kappa shape index (κ3) is 5.27. The molecule has 110 valence electrons. The molecule has 2 amide bonds. The van der Waals surface area contributed by atoms with Crippen molar-refractivity contribution in [3.8, 4) is 0 Å². The molecular formula is C14H20N2O4. The molecule has 1 aromatic rings. The van der Waals surface area contributed by atoms with Crippen LogP contribution in [0.1, 0.15) is 29.3 Å². The summed E-state index contributed by atoms with van der Waals surface area (Å²) in [6.45, 7) is 5.48. The highest BCUT2D eigenvalue weighted by Gasteiger charge is 2.07. The van der Waals surface area contributed by atoms with Gasteiger partial charge in [0.05, 0.1) is 5.56 Å². The second-order valence-corrected chi connectivity index (χ2v) is 4.27. The van der Waals surface area contributed by atoms with Crippen molar-refractivity contribution in [2.24, 2.45) is 0 Å². The first kappa shape index (κ1) is 16.0. The van der Waals surface area contributed by atoms with Gasteiger partial charge in [-0.25, -0.2) is 9.59 Å². The van der Waals surface area contributed by atoms with E-state index in [1.165, 1.54) is 12.1 Å². The van der Waals surface area contributed by atoms with Gasteiger partial charge in [0.25, 0.3) is 0 Å². The summed E-state index contributed by atoms with van der Waals surface area (Å²) in [7, 11) is 0. The minimum atomic E-state index is -0.986. The maximum Gasteiger partial charge on any atom is 0.335 e. The van der Waals surface area contributed by atoms with Crippen LogP contribution in [0.4, 0.5) is 10.5 Å². The van der Waals surface area contributed by atoms with Gasteiger partial charge < -0.3 is 20.5 Å². The molecule has 0 spiro atoms. The van der Waals surface area contributed by atoms with Gasteiger partial charge in [0.2, 0.25) is 0 Å². The van der Waals surface area contributed by atoms with Gasteiger partial charge in [-0.3, -0.25) is 0 Å². The Morgan fingerprint density at radius 1 is 1.35 bits per heavy atom. The molecule has 0 aliphatic heterocycles. The Balaban J connectivity index is 2.44. The molecule has 0 aliphatic carbocycles. The zero-order valence-corrected chi connectivity index (χ0v) is 11.7. The zero-order chi connectivity index (χ0) is 15.0. The van der Waals surface area contributed by atoms with E-state index in [1.54, 1.807) is 13.0 Å². The zero-order valence-electron chi connectivity index (χ0n) is 11.7. The largest absolute Gasteiger partial charge is 0.478 e. The van der Waals surface area contributed by atoms with Crippen LogP contribution in [0.15, 0.2) is 18.2 Å². The van der Waals surface area contributed by atoms with Crippen molar-refractivity contribution < 1.29 is 19.4 Å². The lowest BCUT2D eigenvalue weighted by Crippen LogP contribution is -2.30. The molecule has 0 atom stereocenters. The number of hydrogen-bond donors (Lipinski definition) is 3. The first-order chi connectivity index (χ1) is 9.54. The van der Waals surface area contributed by atoms with Gasteiger partial charge >= 0.3 is 12.0 Å².